The van der Waals surface area contributed by atoms with E-state index in [1.165, 1.54) is 0 Å². The molecule has 1 saturated carbocycles. The number of anilines is 1. The molecule has 0 radical (unpaired) electrons. The summed E-state index contributed by atoms with van der Waals surface area (Å²) in [5.41, 5.74) is -0.677. The third-order valence-corrected chi connectivity index (χ3v) is 3.63. The summed E-state index contributed by atoms with van der Waals surface area (Å²) >= 11 is 0. The van der Waals surface area contributed by atoms with E-state index in [-0.39, 0.29) is 0 Å². The van der Waals surface area contributed by atoms with E-state index in [1.807, 2.05) is 6.92 Å². The van der Waals surface area contributed by atoms with Crippen molar-refractivity contribution in [1.82, 2.24) is 5.32 Å². The van der Waals surface area contributed by atoms with E-state index in [4.69, 9.17) is 4.74 Å². The van der Waals surface area contributed by atoms with Crippen LogP contribution in [0.3, 0.4) is 0 Å². The second kappa shape index (κ2) is 4.33. The van der Waals surface area contributed by atoms with E-state index in [9.17, 15) is 14.4 Å². The van der Waals surface area contributed by atoms with Crippen molar-refractivity contribution >= 4 is 23.5 Å². The topological polar surface area (TPSA) is 75.7 Å². The second-order valence-corrected chi connectivity index (χ2v) is 4.88. The fourth-order valence-corrected chi connectivity index (χ4v) is 2.38. The van der Waals surface area contributed by atoms with Crippen LogP contribution in [0.4, 0.5) is 10.5 Å². The molecule has 1 aromatic rings. The highest BCUT2D eigenvalue weighted by Crippen LogP contribution is 2.50. The molecule has 0 bridgehead atoms. The number of nitrogens with one attached hydrogen (secondary N) is 1. The maximum atomic E-state index is 12.5. The number of para-hydroxylation sites is 2. The summed E-state index contributed by atoms with van der Waals surface area (Å²) in [6, 6.07) is 6.08. The lowest BCUT2D eigenvalue weighted by atomic mass is 10.0. The smallest absolute Gasteiger partial charge is 0.335 e. The lowest BCUT2D eigenvalue weighted by molar-refractivity contribution is -0.136. The zero-order valence-corrected chi connectivity index (χ0v) is 11.0. The zero-order valence-electron chi connectivity index (χ0n) is 11.0. The summed E-state index contributed by atoms with van der Waals surface area (Å²) in [7, 11) is 0. The Kier molecular flexibility index (Phi) is 2.74. The van der Waals surface area contributed by atoms with Gasteiger partial charge in [-0.2, -0.15) is 0 Å². The molecule has 6 heteroatoms. The summed E-state index contributed by atoms with van der Waals surface area (Å²) in [5.74, 6) is -0.500. The lowest BCUT2D eigenvalue weighted by Crippen LogP contribution is -2.59. The number of hydrogen-bond donors (Lipinski definition) is 1. The first kappa shape index (κ1) is 12.7. The van der Waals surface area contributed by atoms with E-state index < -0.39 is 23.3 Å². The van der Waals surface area contributed by atoms with Crippen LogP contribution in [-0.2, 0) is 9.59 Å². The largest absolute Gasteiger partial charge is 0.492 e. The number of barbiturate groups is 1. The average Bonchev–Trinajstić information content (AvgIpc) is 3.21. The van der Waals surface area contributed by atoms with Gasteiger partial charge in [-0.25, -0.2) is 9.69 Å². The van der Waals surface area contributed by atoms with Crippen molar-refractivity contribution in [3.8, 4) is 5.75 Å². The summed E-state index contributed by atoms with van der Waals surface area (Å²) in [6.07, 6.45) is 0.969. The molecule has 1 saturated heterocycles. The maximum absolute atomic E-state index is 12.5. The molecule has 1 aliphatic heterocycles. The van der Waals surface area contributed by atoms with E-state index in [2.05, 4.69) is 5.32 Å². The van der Waals surface area contributed by atoms with Crippen LogP contribution in [0, 0.1) is 5.41 Å². The molecule has 6 nitrogen and oxygen atoms in total. The van der Waals surface area contributed by atoms with Crippen LogP contribution in [0.15, 0.2) is 24.3 Å². The molecular formula is C14H14N2O4. The van der Waals surface area contributed by atoms with Crippen LogP contribution < -0.4 is 15.0 Å². The van der Waals surface area contributed by atoms with Crippen molar-refractivity contribution in [1.29, 1.82) is 0 Å². The Morgan fingerprint density at radius 1 is 1.25 bits per heavy atom. The van der Waals surface area contributed by atoms with Crippen LogP contribution in [0.5, 0.6) is 5.75 Å². The van der Waals surface area contributed by atoms with E-state index in [0.29, 0.717) is 30.9 Å². The lowest BCUT2D eigenvalue weighted by Gasteiger charge is -2.31. The number of rotatable bonds is 3. The SMILES string of the molecule is CCOc1ccccc1N1C(=O)NC(=O)C2(CC2)C1=O. The summed E-state index contributed by atoms with van der Waals surface area (Å²) < 4.78 is 5.44. The number of carbonyl (C=O) groups excluding carboxylic acids is 3. The quantitative estimate of drug-likeness (QED) is 0.846. The number of nitrogens with zero attached hydrogens (tertiary/aromatic N) is 1. The minimum atomic E-state index is -1.05. The molecule has 2 fully saturated rings. The Morgan fingerprint density at radius 3 is 2.60 bits per heavy atom. The molecule has 1 aromatic carbocycles. The normalized spacial score (nSPS) is 20.1. The van der Waals surface area contributed by atoms with Crippen molar-refractivity contribution in [3.05, 3.63) is 24.3 Å². The summed E-state index contributed by atoms with van der Waals surface area (Å²) in [6.45, 7) is 2.24. The fourth-order valence-electron chi connectivity index (χ4n) is 2.38. The molecule has 1 aliphatic carbocycles. The maximum Gasteiger partial charge on any atom is 0.335 e. The molecule has 0 atom stereocenters. The van der Waals surface area contributed by atoms with Crippen molar-refractivity contribution in [2.75, 3.05) is 11.5 Å². The first-order valence-electron chi connectivity index (χ1n) is 6.52. The molecule has 104 valence electrons. The Labute approximate surface area is 115 Å². The van der Waals surface area contributed by atoms with Crippen LogP contribution in [-0.4, -0.2) is 24.5 Å². The van der Waals surface area contributed by atoms with Gasteiger partial charge in [0.1, 0.15) is 11.2 Å². The number of ether oxygens (including phenoxy) is 1. The summed E-state index contributed by atoms with van der Waals surface area (Å²) in [5, 5.41) is 2.25. The van der Waals surface area contributed by atoms with Crippen LogP contribution >= 0.6 is 0 Å². The Balaban J connectivity index is 2.03. The molecule has 0 aromatic heterocycles. The zero-order chi connectivity index (χ0) is 14.3. The van der Waals surface area contributed by atoms with Crippen LogP contribution in [0.1, 0.15) is 19.8 Å². The van der Waals surface area contributed by atoms with Crippen LogP contribution in [0.25, 0.3) is 0 Å². The van der Waals surface area contributed by atoms with Gasteiger partial charge >= 0.3 is 6.03 Å². The van der Waals surface area contributed by atoms with Gasteiger partial charge in [-0.1, -0.05) is 12.1 Å². The van der Waals surface area contributed by atoms with Gasteiger partial charge in [-0.15, -0.1) is 0 Å². The Morgan fingerprint density at radius 2 is 1.95 bits per heavy atom. The van der Waals surface area contributed by atoms with Crippen molar-refractivity contribution in [2.45, 2.75) is 19.8 Å². The number of amides is 4. The molecular weight excluding hydrogens is 260 g/mol. The average molecular weight is 274 g/mol. The van der Waals surface area contributed by atoms with Crippen molar-refractivity contribution < 1.29 is 19.1 Å². The van der Waals surface area contributed by atoms with E-state index in [1.54, 1.807) is 24.3 Å². The van der Waals surface area contributed by atoms with Crippen molar-refractivity contribution in [2.24, 2.45) is 5.41 Å². The molecule has 4 amide bonds. The van der Waals surface area contributed by atoms with Gasteiger partial charge in [0.2, 0.25) is 5.91 Å². The third-order valence-electron chi connectivity index (χ3n) is 3.63. The van der Waals surface area contributed by atoms with Gasteiger partial charge in [-0.3, -0.25) is 14.9 Å². The predicted molar refractivity (Wildman–Crippen MR) is 70.3 cm³/mol. The minimum absolute atomic E-state index is 0.371. The summed E-state index contributed by atoms with van der Waals surface area (Å²) in [4.78, 5) is 37.3. The number of hydrogen-bond acceptors (Lipinski definition) is 4. The Hall–Kier alpha value is -2.37. The monoisotopic (exact) mass is 274 g/mol. The Bertz CT molecular complexity index is 607. The van der Waals surface area contributed by atoms with E-state index in [0.717, 1.165) is 4.90 Å². The minimum Gasteiger partial charge on any atom is -0.492 e. The highest BCUT2D eigenvalue weighted by Gasteiger charge is 2.62. The van der Waals surface area contributed by atoms with Gasteiger partial charge in [0.15, 0.2) is 0 Å². The highest BCUT2D eigenvalue weighted by atomic mass is 16.5. The first-order valence-corrected chi connectivity index (χ1v) is 6.52. The molecule has 1 heterocycles. The van der Waals surface area contributed by atoms with E-state index >= 15 is 0 Å². The number of imide groups is 2. The first-order chi connectivity index (χ1) is 9.60. The van der Waals surface area contributed by atoms with Crippen molar-refractivity contribution in [3.63, 3.8) is 0 Å². The standard InChI is InChI=1S/C14H14N2O4/c1-2-20-10-6-4-3-5-9(10)16-12(18)14(7-8-14)11(17)15-13(16)19/h3-6H,2,7-8H2,1H3,(H,15,17,19). The molecule has 2 aliphatic rings. The van der Waals surface area contributed by atoms with Gasteiger partial charge in [0, 0.05) is 0 Å². The van der Waals surface area contributed by atoms with Gasteiger partial charge < -0.3 is 4.74 Å². The second-order valence-electron chi connectivity index (χ2n) is 4.88. The van der Waals surface area contributed by atoms with Gasteiger partial charge in [-0.05, 0) is 31.9 Å². The fraction of sp³-hybridized carbons (Fsp3) is 0.357. The number of carbonyl (C=O) groups is 3. The van der Waals surface area contributed by atoms with Gasteiger partial charge in [0.05, 0.1) is 12.3 Å². The third kappa shape index (κ3) is 1.68. The molecule has 1 N–H and O–H groups in total. The van der Waals surface area contributed by atoms with Gasteiger partial charge in [0.25, 0.3) is 5.91 Å². The number of benzene rings is 1. The number of urea groups is 1. The molecule has 1 spiro atoms. The predicted octanol–water partition coefficient (Wildman–Crippen LogP) is 1.45. The molecule has 3 rings (SSSR count). The molecule has 0 unspecified atom stereocenters. The molecule has 20 heavy (non-hydrogen) atoms. The van der Waals surface area contributed by atoms with Crippen LogP contribution in [0.2, 0.25) is 0 Å². The highest BCUT2D eigenvalue weighted by molar-refractivity contribution is 6.31.